The van der Waals surface area contributed by atoms with E-state index in [2.05, 4.69) is 32.9 Å². The lowest BCUT2D eigenvalue weighted by molar-refractivity contribution is -0.159. The minimum atomic E-state index is -0.578. The standard InChI is InChI=1S/C22H32O2/c1-4-22-13-10-18-17(19(22)6-5-11-21(22,3)24)8-7-15-14-16(23)9-12-20(15,18)2/h5-6,14,17-19,24H,4,7-13H2,1-3H3/t17-,18+,19+,20+,21+,22+/m1/s1. The Morgan fingerprint density at radius 2 is 2.00 bits per heavy atom. The highest BCUT2D eigenvalue weighted by Gasteiger charge is 2.60. The average molecular weight is 328 g/mol. The van der Waals surface area contributed by atoms with Crippen LogP contribution in [0.1, 0.15) is 72.1 Å². The first-order valence-electron chi connectivity index (χ1n) is 9.97. The summed E-state index contributed by atoms with van der Waals surface area (Å²) in [5.74, 6) is 2.17. The summed E-state index contributed by atoms with van der Waals surface area (Å²) in [6, 6.07) is 0. The van der Waals surface area contributed by atoms with Crippen molar-refractivity contribution < 1.29 is 9.90 Å². The third kappa shape index (κ3) is 2.01. The van der Waals surface area contributed by atoms with Crippen LogP contribution in [0, 0.1) is 28.6 Å². The Balaban J connectivity index is 1.74. The maximum absolute atomic E-state index is 11.9. The van der Waals surface area contributed by atoms with E-state index in [1.54, 1.807) is 0 Å². The van der Waals surface area contributed by atoms with Crippen molar-refractivity contribution in [3.05, 3.63) is 23.8 Å². The molecule has 0 radical (unpaired) electrons. The van der Waals surface area contributed by atoms with Crippen molar-refractivity contribution in [3.8, 4) is 0 Å². The Bertz CT molecular complexity index is 613. The number of allylic oxidation sites excluding steroid dienone is 3. The summed E-state index contributed by atoms with van der Waals surface area (Å²) in [5, 5.41) is 11.2. The van der Waals surface area contributed by atoms with Gasteiger partial charge in [0, 0.05) is 11.8 Å². The second kappa shape index (κ2) is 5.30. The third-order valence-electron chi connectivity index (χ3n) is 8.60. The summed E-state index contributed by atoms with van der Waals surface area (Å²) >= 11 is 0. The molecule has 0 amide bonds. The van der Waals surface area contributed by atoms with Crippen LogP contribution in [0.5, 0.6) is 0 Å². The Labute approximate surface area is 146 Å². The van der Waals surface area contributed by atoms with Gasteiger partial charge in [-0.3, -0.25) is 4.79 Å². The molecule has 0 bridgehead atoms. The van der Waals surface area contributed by atoms with Gasteiger partial charge in [0.05, 0.1) is 5.60 Å². The first-order chi connectivity index (χ1) is 11.3. The summed E-state index contributed by atoms with van der Waals surface area (Å²) in [7, 11) is 0. The maximum Gasteiger partial charge on any atom is 0.155 e. The van der Waals surface area contributed by atoms with Gasteiger partial charge in [0.2, 0.25) is 0 Å². The second-order valence-corrected chi connectivity index (χ2v) is 9.34. The van der Waals surface area contributed by atoms with Crippen LogP contribution in [0.3, 0.4) is 0 Å². The molecule has 0 aromatic carbocycles. The summed E-state index contributed by atoms with van der Waals surface area (Å²) in [5.41, 5.74) is 1.11. The summed E-state index contributed by atoms with van der Waals surface area (Å²) < 4.78 is 0. The van der Waals surface area contributed by atoms with E-state index in [1.165, 1.54) is 18.4 Å². The fourth-order valence-corrected chi connectivity index (χ4v) is 7.10. The van der Waals surface area contributed by atoms with E-state index in [1.807, 2.05) is 6.08 Å². The van der Waals surface area contributed by atoms with Gasteiger partial charge in [0.1, 0.15) is 0 Å². The summed E-state index contributed by atoms with van der Waals surface area (Å²) in [6.45, 7) is 6.77. The van der Waals surface area contributed by atoms with E-state index in [9.17, 15) is 9.90 Å². The van der Waals surface area contributed by atoms with Gasteiger partial charge in [0.15, 0.2) is 5.78 Å². The van der Waals surface area contributed by atoms with Gasteiger partial charge in [-0.2, -0.15) is 0 Å². The number of hydrogen-bond acceptors (Lipinski definition) is 2. The van der Waals surface area contributed by atoms with E-state index in [0.29, 0.717) is 23.5 Å². The van der Waals surface area contributed by atoms with Crippen LogP contribution < -0.4 is 0 Å². The fourth-order valence-electron chi connectivity index (χ4n) is 7.10. The Morgan fingerprint density at radius 3 is 2.75 bits per heavy atom. The minimum Gasteiger partial charge on any atom is -0.389 e. The largest absolute Gasteiger partial charge is 0.389 e. The van der Waals surface area contributed by atoms with Gasteiger partial charge in [-0.15, -0.1) is 0 Å². The van der Waals surface area contributed by atoms with Crippen molar-refractivity contribution >= 4 is 5.78 Å². The molecule has 6 atom stereocenters. The molecule has 4 rings (SSSR count). The third-order valence-corrected chi connectivity index (χ3v) is 8.60. The van der Waals surface area contributed by atoms with E-state index >= 15 is 0 Å². The Morgan fingerprint density at radius 1 is 1.21 bits per heavy atom. The Hall–Kier alpha value is -0.890. The molecular weight excluding hydrogens is 296 g/mol. The quantitative estimate of drug-likeness (QED) is 0.700. The molecule has 0 aromatic heterocycles. The molecular formula is C22H32O2. The maximum atomic E-state index is 11.9. The molecule has 0 heterocycles. The van der Waals surface area contributed by atoms with Crippen molar-refractivity contribution in [3.63, 3.8) is 0 Å². The molecule has 0 aliphatic heterocycles. The molecule has 2 fully saturated rings. The monoisotopic (exact) mass is 328 g/mol. The highest BCUT2D eigenvalue weighted by Crippen LogP contribution is 2.66. The van der Waals surface area contributed by atoms with Crippen LogP contribution in [-0.2, 0) is 4.79 Å². The minimum absolute atomic E-state index is 0.0466. The zero-order chi connectivity index (χ0) is 17.2. The molecule has 24 heavy (non-hydrogen) atoms. The van der Waals surface area contributed by atoms with Crippen LogP contribution in [0.4, 0.5) is 0 Å². The zero-order valence-electron chi connectivity index (χ0n) is 15.5. The molecule has 0 spiro atoms. The predicted octanol–water partition coefficient (Wildman–Crippen LogP) is 4.83. The van der Waals surface area contributed by atoms with Gasteiger partial charge >= 0.3 is 0 Å². The van der Waals surface area contributed by atoms with E-state index in [4.69, 9.17) is 0 Å². The van der Waals surface area contributed by atoms with E-state index in [0.717, 1.165) is 38.5 Å². The second-order valence-electron chi connectivity index (χ2n) is 9.34. The number of fused-ring (bicyclic) bond motifs is 5. The molecule has 2 saturated carbocycles. The van der Waals surface area contributed by atoms with Crippen molar-refractivity contribution in [1.82, 2.24) is 0 Å². The van der Waals surface area contributed by atoms with Crippen molar-refractivity contribution in [1.29, 1.82) is 0 Å². The van der Waals surface area contributed by atoms with Crippen molar-refractivity contribution in [2.24, 2.45) is 28.6 Å². The lowest BCUT2D eigenvalue weighted by atomic mass is 9.42. The van der Waals surface area contributed by atoms with Gasteiger partial charge in [0.25, 0.3) is 0 Å². The lowest BCUT2D eigenvalue weighted by Crippen LogP contribution is -2.59. The SMILES string of the molecule is CC[C@]12CC[C@H]3[C@@H](CCC4=CC(=O)CC[C@@]43C)[C@@H]1C=CC[C@]2(C)O. The van der Waals surface area contributed by atoms with Crippen LogP contribution >= 0.6 is 0 Å². The van der Waals surface area contributed by atoms with Gasteiger partial charge in [-0.05, 0) is 81.1 Å². The fraction of sp³-hybridized carbons (Fsp3) is 0.773. The van der Waals surface area contributed by atoms with Crippen LogP contribution in [0.25, 0.3) is 0 Å². The number of carbonyl (C=O) groups excluding carboxylic acids is 1. The molecule has 132 valence electrons. The van der Waals surface area contributed by atoms with Crippen LogP contribution in [0.2, 0.25) is 0 Å². The molecule has 2 heteroatoms. The molecule has 1 N–H and O–H groups in total. The number of hydrogen-bond donors (Lipinski definition) is 1. The topological polar surface area (TPSA) is 37.3 Å². The van der Waals surface area contributed by atoms with Gasteiger partial charge in [-0.1, -0.05) is 31.6 Å². The molecule has 4 aliphatic rings. The van der Waals surface area contributed by atoms with Crippen LogP contribution in [0.15, 0.2) is 23.8 Å². The summed E-state index contributed by atoms with van der Waals surface area (Å²) in [6.07, 6.45) is 14.9. The summed E-state index contributed by atoms with van der Waals surface area (Å²) in [4.78, 5) is 11.9. The molecule has 0 aromatic rings. The van der Waals surface area contributed by atoms with Crippen molar-refractivity contribution in [2.45, 2.75) is 77.7 Å². The predicted molar refractivity (Wildman–Crippen MR) is 96.5 cm³/mol. The number of aliphatic hydroxyl groups is 1. The van der Waals surface area contributed by atoms with E-state index < -0.39 is 5.60 Å². The van der Waals surface area contributed by atoms with E-state index in [-0.39, 0.29) is 10.8 Å². The molecule has 4 aliphatic carbocycles. The molecule has 2 nitrogen and oxygen atoms in total. The van der Waals surface area contributed by atoms with Crippen LogP contribution in [-0.4, -0.2) is 16.5 Å². The molecule has 0 unspecified atom stereocenters. The number of ketones is 1. The normalized spacial score (nSPS) is 50.6. The zero-order valence-corrected chi connectivity index (χ0v) is 15.5. The number of carbonyl (C=O) groups is 1. The van der Waals surface area contributed by atoms with Crippen molar-refractivity contribution in [2.75, 3.05) is 0 Å². The number of rotatable bonds is 1. The highest BCUT2D eigenvalue weighted by atomic mass is 16.3. The first kappa shape index (κ1) is 16.6. The lowest BCUT2D eigenvalue weighted by Gasteiger charge is -2.63. The van der Waals surface area contributed by atoms with Gasteiger partial charge < -0.3 is 5.11 Å². The average Bonchev–Trinajstić information content (AvgIpc) is 2.55. The first-order valence-corrected chi connectivity index (χ1v) is 9.97. The molecule has 0 saturated heterocycles. The smallest absolute Gasteiger partial charge is 0.155 e. The van der Waals surface area contributed by atoms with Gasteiger partial charge in [-0.25, -0.2) is 0 Å². The highest BCUT2D eigenvalue weighted by molar-refractivity contribution is 5.91. The Kier molecular flexibility index (Phi) is 3.66.